The molecule has 8 heteroatoms. The van der Waals surface area contributed by atoms with E-state index in [4.69, 9.17) is 5.11 Å². The van der Waals surface area contributed by atoms with Gasteiger partial charge >= 0.3 is 12.1 Å². The van der Waals surface area contributed by atoms with E-state index in [9.17, 15) is 22.8 Å². The molecule has 2 atom stereocenters. The molecule has 0 aromatic carbocycles. The summed E-state index contributed by atoms with van der Waals surface area (Å²) in [6.45, 7) is 1.61. The smallest absolute Gasteiger partial charge is 0.417 e. The van der Waals surface area contributed by atoms with Gasteiger partial charge in [0, 0.05) is 7.05 Å². The van der Waals surface area contributed by atoms with Crippen molar-refractivity contribution in [3.05, 3.63) is 0 Å². The summed E-state index contributed by atoms with van der Waals surface area (Å²) in [7, 11) is 1.24. The zero-order valence-corrected chi connectivity index (χ0v) is 8.97. The van der Waals surface area contributed by atoms with Gasteiger partial charge in [0.05, 0.1) is 6.04 Å². The normalized spacial score (nSPS) is 17.4. The first-order valence-electron chi connectivity index (χ1n) is 4.35. The predicted octanol–water partition coefficient (Wildman–Crippen LogP) is 0.116. The Kier molecular flexibility index (Phi) is 4.30. The lowest BCUT2D eigenvalue weighted by atomic mass is 10.0. The first-order chi connectivity index (χ1) is 7.06. The van der Waals surface area contributed by atoms with Crippen molar-refractivity contribution in [2.45, 2.75) is 31.6 Å². The minimum absolute atomic E-state index is 0.467. The van der Waals surface area contributed by atoms with Crippen molar-refractivity contribution in [2.75, 3.05) is 7.05 Å². The van der Waals surface area contributed by atoms with Crippen LogP contribution in [0.2, 0.25) is 0 Å². The lowest BCUT2D eigenvalue weighted by Gasteiger charge is -2.31. The number of aliphatic carboxylic acids is 1. The molecule has 0 aromatic heterocycles. The van der Waals surface area contributed by atoms with E-state index in [2.05, 4.69) is 5.32 Å². The van der Waals surface area contributed by atoms with Crippen LogP contribution in [0, 0.1) is 0 Å². The molecule has 0 saturated heterocycles. The molecular formula is C8H13F3N2O3. The maximum absolute atomic E-state index is 12.5. The molecule has 2 unspecified atom stereocenters. The van der Waals surface area contributed by atoms with E-state index >= 15 is 0 Å². The van der Waals surface area contributed by atoms with E-state index < -0.39 is 29.6 Å². The standard InChI is InChI=1S/C8H13F3N2O3/c1-4(5(14)12-3)13-7(2,6(15)16)8(9,10)11/h4,13H,1-3H3,(H,12,14)(H,15,16). The Hall–Kier alpha value is -1.31. The number of amides is 1. The van der Waals surface area contributed by atoms with Crippen LogP contribution < -0.4 is 10.6 Å². The van der Waals surface area contributed by atoms with Crippen LogP contribution in [0.15, 0.2) is 0 Å². The summed E-state index contributed by atoms with van der Waals surface area (Å²) in [4.78, 5) is 21.6. The molecule has 0 spiro atoms. The topological polar surface area (TPSA) is 78.4 Å². The molecule has 0 radical (unpaired) electrons. The highest BCUT2D eigenvalue weighted by atomic mass is 19.4. The van der Waals surface area contributed by atoms with Crippen LogP contribution in [0.1, 0.15) is 13.8 Å². The largest absolute Gasteiger partial charge is 0.480 e. The molecule has 16 heavy (non-hydrogen) atoms. The number of likely N-dealkylation sites (N-methyl/N-ethyl adjacent to an activating group) is 1. The quantitative estimate of drug-likeness (QED) is 0.654. The fourth-order valence-corrected chi connectivity index (χ4v) is 0.980. The Bertz CT molecular complexity index is 293. The lowest BCUT2D eigenvalue weighted by Crippen LogP contribution is -2.64. The van der Waals surface area contributed by atoms with Crippen molar-refractivity contribution in [2.24, 2.45) is 0 Å². The number of alkyl halides is 3. The van der Waals surface area contributed by atoms with Crippen molar-refractivity contribution in [3.8, 4) is 0 Å². The Morgan fingerprint density at radius 3 is 2.00 bits per heavy atom. The molecule has 0 saturated carbocycles. The summed E-state index contributed by atoms with van der Waals surface area (Å²) in [6, 6.07) is -1.27. The summed E-state index contributed by atoms with van der Waals surface area (Å²) >= 11 is 0. The van der Waals surface area contributed by atoms with Crippen LogP contribution in [0.25, 0.3) is 0 Å². The molecule has 1 amide bonds. The van der Waals surface area contributed by atoms with Crippen molar-refractivity contribution < 1.29 is 27.9 Å². The first-order valence-corrected chi connectivity index (χ1v) is 4.35. The van der Waals surface area contributed by atoms with Crippen LogP contribution in [-0.4, -0.2) is 41.8 Å². The number of carboxylic acids is 1. The van der Waals surface area contributed by atoms with Crippen LogP contribution in [-0.2, 0) is 9.59 Å². The molecular weight excluding hydrogens is 229 g/mol. The van der Waals surface area contributed by atoms with Crippen molar-refractivity contribution in [3.63, 3.8) is 0 Å². The van der Waals surface area contributed by atoms with Gasteiger partial charge in [-0.15, -0.1) is 0 Å². The third kappa shape index (κ3) is 2.84. The minimum Gasteiger partial charge on any atom is -0.480 e. The highest BCUT2D eigenvalue weighted by Gasteiger charge is 2.58. The Morgan fingerprint density at radius 2 is 1.75 bits per heavy atom. The van der Waals surface area contributed by atoms with E-state index in [0.29, 0.717) is 6.92 Å². The van der Waals surface area contributed by atoms with Crippen molar-refractivity contribution in [1.82, 2.24) is 10.6 Å². The number of nitrogens with one attached hydrogen (secondary N) is 2. The molecule has 3 N–H and O–H groups in total. The second kappa shape index (κ2) is 4.69. The SMILES string of the molecule is CNC(=O)C(C)NC(C)(C(=O)O)C(F)(F)F. The third-order valence-electron chi connectivity index (χ3n) is 2.14. The van der Waals surface area contributed by atoms with Gasteiger partial charge < -0.3 is 10.4 Å². The summed E-state index contributed by atoms with van der Waals surface area (Å²) in [5, 5.41) is 12.4. The summed E-state index contributed by atoms with van der Waals surface area (Å²) in [5.74, 6) is -2.81. The highest BCUT2D eigenvalue weighted by molar-refractivity contribution is 5.84. The average molecular weight is 242 g/mol. The van der Waals surface area contributed by atoms with Gasteiger partial charge in [0.25, 0.3) is 0 Å². The van der Waals surface area contributed by atoms with E-state index in [1.54, 1.807) is 5.32 Å². The van der Waals surface area contributed by atoms with Crippen LogP contribution >= 0.6 is 0 Å². The minimum atomic E-state index is -5.00. The molecule has 0 heterocycles. The number of carbonyl (C=O) groups excluding carboxylic acids is 1. The molecule has 0 aromatic rings. The molecule has 0 rings (SSSR count). The molecule has 0 fully saturated rings. The van der Waals surface area contributed by atoms with Gasteiger partial charge in [-0.2, -0.15) is 13.2 Å². The van der Waals surface area contributed by atoms with Crippen LogP contribution in [0.4, 0.5) is 13.2 Å². The Balaban J connectivity index is 4.98. The van der Waals surface area contributed by atoms with Crippen molar-refractivity contribution in [1.29, 1.82) is 0 Å². The Morgan fingerprint density at radius 1 is 1.31 bits per heavy atom. The number of halogens is 3. The number of hydrogen-bond donors (Lipinski definition) is 3. The average Bonchev–Trinajstić information content (AvgIpc) is 2.14. The molecule has 0 aliphatic rings. The first kappa shape index (κ1) is 14.7. The second-order valence-corrected chi connectivity index (χ2v) is 3.41. The van der Waals surface area contributed by atoms with E-state index in [1.807, 2.05) is 0 Å². The predicted molar refractivity (Wildman–Crippen MR) is 48.8 cm³/mol. The number of hydrogen-bond acceptors (Lipinski definition) is 3. The summed E-state index contributed by atoms with van der Waals surface area (Å²) in [6.07, 6.45) is -5.00. The molecule has 94 valence electrons. The maximum atomic E-state index is 12.5. The number of rotatable bonds is 4. The third-order valence-corrected chi connectivity index (χ3v) is 2.14. The van der Waals surface area contributed by atoms with Crippen molar-refractivity contribution >= 4 is 11.9 Å². The van der Waals surface area contributed by atoms with Gasteiger partial charge in [0.2, 0.25) is 11.4 Å². The summed E-state index contributed by atoms with van der Waals surface area (Å²) in [5.41, 5.74) is -3.15. The molecule has 0 aliphatic carbocycles. The fourth-order valence-electron chi connectivity index (χ4n) is 0.980. The molecule has 0 aliphatic heterocycles. The monoisotopic (exact) mass is 242 g/mol. The lowest BCUT2D eigenvalue weighted by molar-refractivity contribution is -0.207. The van der Waals surface area contributed by atoms with Gasteiger partial charge in [-0.3, -0.25) is 10.1 Å². The second-order valence-electron chi connectivity index (χ2n) is 3.41. The van der Waals surface area contributed by atoms with E-state index in [1.165, 1.54) is 7.05 Å². The van der Waals surface area contributed by atoms with Gasteiger partial charge in [0.1, 0.15) is 0 Å². The van der Waals surface area contributed by atoms with Gasteiger partial charge in [-0.1, -0.05) is 0 Å². The number of carbonyl (C=O) groups is 2. The van der Waals surface area contributed by atoms with E-state index in [-0.39, 0.29) is 0 Å². The van der Waals surface area contributed by atoms with Gasteiger partial charge in [-0.25, -0.2) is 4.79 Å². The highest BCUT2D eigenvalue weighted by Crippen LogP contribution is 2.30. The summed E-state index contributed by atoms with van der Waals surface area (Å²) < 4.78 is 37.5. The molecule has 0 bridgehead atoms. The maximum Gasteiger partial charge on any atom is 0.417 e. The zero-order valence-electron chi connectivity index (χ0n) is 8.97. The van der Waals surface area contributed by atoms with Gasteiger partial charge in [0.15, 0.2) is 0 Å². The van der Waals surface area contributed by atoms with Crippen LogP contribution in [0.5, 0.6) is 0 Å². The Labute approximate surface area is 90.0 Å². The van der Waals surface area contributed by atoms with Gasteiger partial charge in [-0.05, 0) is 13.8 Å². The zero-order chi connectivity index (χ0) is 13.1. The fraction of sp³-hybridized carbons (Fsp3) is 0.750. The molecule has 5 nitrogen and oxygen atoms in total. The number of carboxylic acid groups (broad SMARTS) is 1. The van der Waals surface area contributed by atoms with Crippen LogP contribution in [0.3, 0.4) is 0 Å². The van der Waals surface area contributed by atoms with E-state index in [0.717, 1.165) is 6.92 Å².